The van der Waals surface area contributed by atoms with Gasteiger partial charge in [0.25, 0.3) is 0 Å². The third-order valence-electron chi connectivity index (χ3n) is 6.35. The Morgan fingerprint density at radius 1 is 0.952 bits per heavy atom. The summed E-state index contributed by atoms with van der Waals surface area (Å²) in [7, 11) is -4.25. The van der Waals surface area contributed by atoms with Gasteiger partial charge < -0.3 is 10.2 Å². The van der Waals surface area contributed by atoms with E-state index in [2.05, 4.69) is 5.32 Å². The molecule has 13 heteroatoms. The number of nitrogens with zero attached hydrogens (tertiary/aromatic N) is 2. The first-order chi connectivity index (χ1) is 19.7. The molecule has 3 aromatic carbocycles. The van der Waals surface area contributed by atoms with Crippen LogP contribution in [-0.2, 0) is 38.8 Å². The predicted octanol–water partition coefficient (Wildman–Crippen LogP) is 5.94. The van der Waals surface area contributed by atoms with Crippen LogP contribution in [0, 0.1) is 0 Å². The average Bonchev–Trinajstić information content (AvgIpc) is 2.93. The van der Waals surface area contributed by atoms with Gasteiger partial charge in [-0.15, -0.1) is 0 Å². The molecule has 2 amide bonds. The maximum atomic E-state index is 14.0. The van der Waals surface area contributed by atoms with Crippen molar-refractivity contribution in [1.29, 1.82) is 0 Å². The molecule has 0 aliphatic rings. The Balaban J connectivity index is 2.11. The number of hydrogen-bond donors (Lipinski definition) is 1. The summed E-state index contributed by atoms with van der Waals surface area (Å²) in [5.74, 6) is -1.34. The molecule has 1 atom stereocenters. The van der Waals surface area contributed by atoms with Crippen molar-refractivity contribution >= 4 is 50.7 Å². The number of hydrogen-bond acceptors (Lipinski definition) is 4. The third-order valence-corrected chi connectivity index (χ3v) is 8.20. The molecule has 3 aromatic rings. The summed E-state index contributed by atoms with van der Waals surface area (Å²) in [6.07, 6.45) is -3.28. The van der Waals surface area contributed by atoms with Gasteiger partial charge in [0.15, 0.2) is 0 Å². The number of sulfonamides is 1. The Kier molecular flexibility index (Phi) is 11.3. The fourth-order valence-electron chi connectivity index (χ4n) is 4.22. The second-order valence-corrected chi connectivity index (χ2v) is 12.3. The first-order valence-electron chi connectivity index (χ1n) is 12.9. The number of benzene rings is 3. The normalized spacial score (nSPS) is 12.5. The zero-order valence-corrected chi connectivity index (χ0v) is 25.2. The highest BCUT2D eigenvalue weighted by Crippen LogP contribution is 2.33. The van der Waals surface area contributed by atoms with Crippen LogP contribution in [0.4, 0.5) is 18.9 Å². The summed E-state index contributed by atoms with van der Waals surface area (Å²) in [6, 6.07) is 16.1. The fourth-order valence-corrected chi connectivity index (χ4v) is 5.58. The first-order valence-corrected chi connectivity index (χ1v) is 15.5. The van der Waals surface area contributed by atoms with Gasteiger partial charge in [-0.3, -0.25) is 13.9 Å². The van der Waals surface area contributed by atoms with Crippen molar-refractivity contribution in [3.63, 3.8) is 0 Å². The summed E-state index contributed by atoms with van der Waals surface area (Å²) in [5, 5.41) is 3.21. The zero-order chi connectivity index (χ0) is 31.1. The van der Waals surface area contributed by atoms with Crippen LogP contribution in [0.1, 0.15) is 30.0 Å². The van der Waals surface area contributed by atoms with Crippen molar-refractivity contribution in [3.8, 4) is 0 Å². The van der Waals surface area contributed by atoms with Crippen molar-refractivity contribution in [2.45, 2.75) is 38.5 Å². The lowest BCUT2D eigenvalue weighted by atomic mass is 10.0. The summed E-state index contributed by atoms with van der Waals surface area (Å²) < 4.78 is 66.5. The quantitative estimate of drug-likeness (QED) is 0.264. The molecule has 0 saturated carbocycles. The van der Waals surface area contributed by atoms with E-state index in [0.29, 0.717) is 28.9 Å². The molecule has 0 fully saturated rings. The molecule has 0 aliphatic carbocycles. The lowest BCUT2D eigenvalue weighted by molar-refractivity contribution is -0.140. The molecule has 0 spiro atoms. The highest BCUT2D eigenvalue weighted by Gasteiger charge is 2.35. The van der Waals surface area contributed by atoms with Crippen molar-refractivity contribution in [3.05, 3.63) is 99.5 Å². The van der Waals surface area contributed by atoms with Gasteiger partial charge in [0.2, 0.25) is 21.8 Å². The number of carbonyl (C=O) groups excluding carboxylic acids is 2. The molecule has 0 aliphatic heterocycles. The standard InChI is InChI=1S/C29H30Cl2F3N3O4S/c1-3-15-35-28(39)26(16-20-9-5-4-6-10-20)36(18-23-24(30)13-8-14-25(23)31)27(38)19-37(42(2,40)41)22-12-7-11-21(17-22)29(32,33)34/h4-14,17,26H,3,15-16,18-19H2,1-2H3,(H,35,39)/t26-/m0/s1. The van der Waals surface area contributed by atoms with Gasteiger partial charge in [-0.05, 0) is 42.3 Å². The first kappa shape index (κ1) is 33.2. The Morgan fingerprint density at radius 3 is 2.14 bits per heavy atom. The Bertz CT molecular complexity index is 1490. The molecule has 0 saturated heterocycles. The van der Waals surface area contributed by atoms with E-state index in [4.69, 9.17) is 23.2 Å². The van der Waals surface area contributed by atoms with Crippen LogP contribution in [0.25, 0.3) is 0 Å². The van der Waals surface area contributed by atoms with Crippen molar-refractivity contribution in [2.24, 2.45) is 0 Å². The molecule has 0 unspecified atom stereocenters. The van der Waals surface area contributed by atoms with Gasteiger partial charge in [0.1, 0.15) is 12.6 Å². The summed E-state index contributed by atoms with van der Waals surface area (Å²) in [6.45, 7) is 1.03. The van der Waals surface area contributed by atoms with Crippen LogP contribution < -0.4 is 9.62 Å². The van der Waals surface area contributed by atoms with E-state index in [1.807, 2.05) is 6.92 Å². The minimum atomic E-state index is -4.74. The number of nitrogens with one attached hydrogen (secondary N) is 1. The molecule has 0 bridgehead atoms. The van der Waals surface area contributed by atoms with Gasteiger partial charge in [-0.25, -0.2) is 8.42 Å². The van der Waals surface area contributed by atoms with E-state index >= 15 is 0 Å². The summed E-state index contributed by atoms with van der Waals surface area (Å²) in [4.78, 5) is 28.7. The van der Waals surface area contributed by atoms with E-state index < -0.39 is 46.2 Å². The van der Waals surface area contributed by atoms with E-state index in [0.717, 1.165) is 34.9 Å². The lowest BCUT2D eigenvalue weighted by Crippen LogP contribution is -2.53. The molecular formula is C29H30Cl2F3N3O4S. The van der Waals surface area contributed by atoms with Crippen LogP contribution in [0.2, 0.25) is 10.0 Å². The maximum absolute atomic E-state index is 14.0. The smallest absolute Gasteiger partial charge is 0.354 e. The molecule has 7 nitrogen and oxygen atoms in total. The SMILES string of the molecule is CCCNC(=O)[C@H](Cc1ccccc1)N(Cc1c(Cl)cccc1Cl)C(=O)CN(c1cccc(C(F)(F)F)c1)S(C)(=O)=O. The molecule has 0 radical (unpaired) electrons. The second kappa shape index (κ2) is 14.3. The third kappa shape index (κ3) is 8.86. The average molecular weight is 645 g/mol. The number of carbonyl (C=O) groups is 2. The van der Waals surface area contributed by atoms with Gasteiger partial charge in [0, 0.05) is 35.1 Å². The topological polar surface area (TPSA) is 86.8 Å². The molecule has 1 N–H and O–H groups in total. The molecule has 0 aromatic heterocycles. The number of halogens is 5. The number of alkyl halides is 3. The largest absolute Gasteiger partial charge is 0.416 e. The monoisotopic (exact) mass is 643 g/mol. The minimum absolute atomic E-state index is 0.0621. The van der Waals surface area contributed by atoms with Gasteiger partial charge in [-0.2, -0.15) is 13.2 Å². The Labute approximate surface area is 253 Å². The van der Waals surface area contributed by atoms with E-state index in [-0.39, 0.29) is 28.7 Å². The van der Waals surface area contributed by atoms with E-state index in [1.165, 1.54) is 0 Å². The van der Waals surface area contributed by atoms with Gasteiger partial charge in [0.05, 0.1) is 17.5 Å². The lowest BCUT2D eigenvalue weighted by Gasteiger charge is -2.34. The second-order valence-electron chi connectivity index (χ2n) is 9.54. The number of rotatable bonds is 12. The van der Waals surface area contributed by atoms with Crippen molar-refractivity contribution in [1.82, 2.24) is 10.2 Å². The van der Waals surface area contributed by atoms with E-state index in [1.54, 1.807) is 48.5 Å². The zero-order valence-electron chi connectivity index (χ0n) is 22.9. The van der Waals surface area contributed by atoms with Crippen LogP contribution in [0.3, 0.4) is 0 Å². The highest BCUT2D eigenvalue weighted by atomic mass is 35.5. The molecular weight excluding hydrogens is 614 g/mol. The van der Waals surface area contributed by atoms with Crippen LogP contribution >= 0.6 is 23.2 Å². The molecule has 42 heavy (non-hydrogen) atoms. The Morgan fingerprint density at radius 2 is 1.57 bits per heavy atom. The van der Waals surface area contributed by atoms with Crippen LogP contribution in [-0.4, -0.2) is 50.5 Å². The summed E-state index contributed by atoms with van der Waals surface area (Å²) in [5.41, 5.74) is -0.399. The minimum Gasteiger partial charge on any atom is -0.354 e. The van der Waals surface area contributed by atoms with Gasteiger partial charge in [-0.1, -0.05) is 72.6 Å². The summed E-state index contributed by atoms with van der Waals surface area (Å²) >= 11 is 12.8. The van der Waals surface area contributed by atoms with Crippen LogP contribution in [0.5, 0.6) is 0 Å². The number of amides is 2. The highest BCUT2D eigenvalue weighted by molar-refractivity contribution is 7.92. The van der Waals surface area contributed by atoms with Crippen LogP contribution in [0.15, 0.2) is 72.8 Å². The van der Waals surface area contributed by atoms with Gasteiger partial charge >= 0.3 is 6.18 Å². The maximum Gasteiger partial charge on any atom is 0.416 e. The predicted molar refractivity (Wildman–Crippen MR) is 158 cm³/mol. The number of anilines is 1. The fraction of sp³-hybridized carbons (Fsp3) is 0.310. The molecule has 226 valence electrons. The Hall–Kier alpha value is -3.28. The van der Waals surface area contributed by atoms with Crippen molar-refractivity contribution < 1.29 is 31.2 Å². The molecule has 3 rings (SSSR count). The van der Waals surface area contributed by atoms with Crippen molar-refractivity contribution in [2.75, 3.05) is 23.7 Å². The van der Waals surface area contributed by atoms with E-state index in [9.17, 15) is 31.2 Å². The molecule has 0 heterocycles.